The van der Waals surface area contributed by atoms with E-state index >= 15 is 0 Å². The summed E-state index contributed by atoms with van der Waals surface area (Å²) in [6, 6.07) is 7.49. The number of unbranched alkanes of at least 4 members (excludes halogenated alkanes) is 2. The smallest absolute Gasteiger partial charge is 0.250 e. The van der Waals surface area contributed by atoms with E-state index in [1.165, 1.54) is 6.42 Å². The van der Waals surface area contributed by atoms with E-state index in [0.29, 0.717) is 13.2 Å². The van der Waals surface area contributed by atoms with E-state index in [0.717, 1.165) is 62.7 Å². The van der Waals surface area contributed by atoms with Gasteiger partial charge in [-0.05, 0) is 43.4 Å². The normalized spacial score (nSPS) is 21.0. The number of hydrogen-bond acceptors (Lipinski definition) is 3. The molecule has 0 aromatic heterocycles. The second-order valence-electron chi connectivity index (χ2n) is 8.37. The lowest BCUT2D eigenvalue weighted by molar-refractivity contribution is -0.159. The summed E-state index contributed by atoms with van der Waals surface area (Å²) in [6.07, 6.45) is 9.61. The summed E-state index contributed by atoms with van der Waals surface area (Å²) in [5.74, 6) is 0.991. The van der Waals surface area contributed by atoms with Crippen molar-refractivity contribution in [2.24, 2.45) is 0 Å². The summed E-state index contributed by atoms with van der Waals surface area (Å²) in [4.78, 5) is 30.3. The minimum absolute atomic E-state index is 0.0805. The molecule has 5 heteroatoms. The number of piperazine rings is 1. The van der Waals surface area contributed by atoms with Crippen molar-refractivity contribution in [3.63, 3.8) is 0 Å². The van der Waals surface area contributed by atoms with E-state index in [-0.39, 0.29) is 24.4 Å². The number of nitrogens with zero attached hydrogens (tertiary/aromatic N) is 2. The molecule has 1 saturated carbocycles. The fourth-order valence-corrected chi connectivity index (χ4v) is 4.44. The molecular formula is C24H36N2O3. The molecule has 0 spiro atoms. The van der Waals surface area contributed by atoms with Crippen molar-refractivity contribution in [3.8, 4) is 5.75 Å². The number of hydrogen-bond donors (Lipinski definition) is 0. The monoisotopic (exact) mass is 400 g/mol. The van der Waals surface area contributed by atoms with Gasteiger partial charge in [0.25, 0.3) is 5.91 Å². The average molecular weight is 401 g/mol. The molecule has 1 unspecified atom stereocenters. The lowest BCUT2D eigenvalue weighted by Crippen LogP contribution is -2.58. The van der Waals surface area contributed by atoms with Gasteiger partial charge >= 0.3 is 0 Å². The van der Waals surface area contributed by atoms with E-state index in [4.69, 9.17) is 4.74 Å². The van der Waals surface area contributed by atoms with Crippen molar-refractivity contribution in [3.05, 3.63) is 29.8 Å². The lowest BCUT2D eigenvalue weighted by Gasteiger charge is -2.44. The summed E-state index contributed by atoms with van der Waals surface area (Å²) in [5, 5.41) is 0. The molecule has 2 aliphatic rings. The molecule has 1 aliphatic heterocycles. The van der Waals surface area contributed by atoms with E-state index in [1.54, 1.807) is 4.90 Å². The second kappa shape index (κ2) is 10.7. The van der Waals surface area contributed by atoms with Gasteiger partial charge in [-0.3, -0.25) is 9.59 Å². The van der Waals surface area contributed by atoms with Crippen molar-refractivity contribution in [1.29, 1.82) is 0 Å². The molecule has 1 aromatic rings. The van der Waals surface area contributed by atoms with Gasteiger partial charge in [0.15, 0.2) is 0 Å². The van der Waals surface area contributed by atoms with Crippen LogP contribution in [-0.4, -0.2) is 47.4 Å². The zero-order valence-corrected chi connectivity index (χ0v) is 18.1. The van der Waals surface area contributed by atoms with Crippen LogP contribution in [0.1, 0.15) is 83.2 Å². The maximum Gasteiger partial charge on any atom is 0.250 e. The maximum atomic E-state index is 13.5. The molecule has 3 rings (SSSR count). The van der Waals surface area contributed by atoms with Crippen LogP contribution in [0.25, 0.3) is 0 Å². The molecule has 160 valence electrons. The molecule has 1 heterocycles. The minimum atomic E-state index is -0.505. The Balaban J connectivity index is 1.81. The Morgan fingerprint density at radius 1 is 0.966 bits per heavy atom. The number of benzene rings is 1. The fourth-order valence-electron chi connectivity index (χ4n) is 4.44. The van der Waals surface area contributed by atoms with Gasteiger partial charge in [0.05, 0.1) is 6.61 Å². The lowest BCUT2D eigenvalue weighted by atomic mass is 9.91. The molecule has 2 amide bonds. The number of carbonyl (C=O) groups excluding carboxylic acids is 2. The van der Waals surface area contributed by atoms with Crippen LogP contribution in [-0.2, 0) is 9.59 Å². The number of carbonyl (C=O) groups is 2. The first-order valence-electron chi connectivity index (χ1n) is 11.5. The topological polar surface area (TPSA) is 49.9 Å². The Morgan fingerprint density at radius 3 is 2.31 bits per heavy atom. The van der Waals surface area contributed by atoms with E-state index < -0.39 is 6.04 Å². The van der Waals surface area contributed by atoms with Crippen molar-refractivity contribution >= 4 is 11.8 Å². The molecule has 1 aromatic carbocycles. The van der Waals surface area contributed by atoms with Crippen LogP contribution in [0.3, 0.4) is 0 Å². The van der Waals surface area contributed by atoms with Crippen LogP contribution in [0.15, 0.2) is 24.3 Å². The zero-order valence-electron chi connectivity index (χ0n) is 18.1. The molecule has 0 N–H and O–H groups in total. The number of amides is 2. The Morgan fingerprint density at radius 2 is 1.66 bits per heavy atom. The molecular weight excluding hydrogens is 364 g/mol. The Hall–Kier alpha value is -2.04. The Bertz CT molecular complexity index is 667. The number of rotatable bonds is 9. The number of ether oxygens (including phenoxy) is 1. The third-order valence-corrected chi connectivity index (χ3v) is 6.19. The average Bonchev–Trinajstić information content (AvgIpc) is 2.75. The molecule has 29 heavy (non-hydrogen) atoms. The van der Waals surface area contributed by atoms with Crippen molar-refractivity contribution in [1.82, 2.24) is 9.80 Å². The van der Waals surface area contributed by atoms with Gasteiger partial charge < -0.3 is 14.5 Å². The van der Waals surface area contributed by atoms with Crippen LogP contribution in [0, 0.1) is 0 Å². The summed E-state index contributed by atoms with van der Waals surface area (Å²) in [6.45, 7) is 5.83. The highest BCUT2D eigenvalue weighted by molar-refractivity contribution is 5.95. The largest absolute Gasteiger partial charge is 0.494 e. The highest BCUT2D eigenvalue weighted by Crippen LogP contribution is 2.33. The summed E-state index contributed by atoms with van der Waals surface area (Å²) >= 11 is 0. The molecule has 1 saturated heterocycles. The van der Waals surface area contributed by atoms with Crippen LogP contribution in [0.2, 0.25) is 0 Å². The van der Waals surface area contributed by atoms with Gasteiger partial charge in [0.2, 0.25) is 5.91 Å². The van der Waals surface area contributed by atoms with Gasteiger partial charge in [-0.1, -0.05) is 58.1 Å². The molecule has 5 nitrogen and oxygen atoms in total. The molecule has 0 radical (unpaired) electrons. The van der Waals surface area contributed by atoms with Crippen LogP contribution >= 0.6 is 0 Å². The maximum absolute atomic E-state index is 13.5. The van der Waals surface area contributed by atoms with Gasteiger partial charge in [-0.15, -0.1) is 0 Å². The third kappa shape index (κ3) is 5.31. The molecule has 1 atom stereocenters. The second-order valence-corrected chi connectivity index (χ2v) is 8.37. The van der Waals surface area contributed by atoms with E-state index in [1.807, 2.05) is 29.2 Å². The Labute approximate surface area is 175 Å². The first kappa shape index (κ1) is 21.7. The summed E-state index contributed by atoms with van der Waals surface area (Å²) < 4.78 is 5.77. The highest BCUT2D eigenvalue weighted by atomic mass is 16.5. The zero-order chi connectivity index (χ0) is 20.6. The summed E-state index contributed by atoms with van der Waals surface area (Å²) in [5.41, 5.74) is 0.891. The highest BCUT2D eigenvalue weighted by Gasteiger charge is 2.42. The van der Waals surface area contributed by atoms with Crippen LogP contribution in [0.4, 0.5) is 0 Å². The van der Waals surface area contributed by atoms with Gasteiger partial charge in [-0.2, -0.15) is 0 Å². The first-order valence-corrected chi connectivity index (χ1v) is 11.5. The SMILES string of the molecule is CCCCOc1ccc(C2C(=O)N(C3CCCCC3)CC(=O)N2CCCC)cc1. The fraction of sp³-hybridized carbons (Fsp3) is 0.667. The predicted octanol–water partition coefficient (Wildman–Crippen LogP) is 4.71. The quantitative estimate of drug-likeness (QED) is 0.564. The van der Waals surface area contributed by atoms with Crippen molar-refractivity contribution in [2.45, 2.75) is 83.7 Å². The van der Waals surface area contributed by atoms with E-state index in [9.17, 15) is 9.59 Å². The van der Waals surface area contributed by atoms with Crippen molar-refractivity contribution in [2.75, 3.05) is 19.7 Å². The van der Waals surface area contributed by atoms with Crippen LogP contribution in [0.5, 0.6) is 5.75 Å². The first-order chi connectivity index (χ1) is 14.2. The predicted molar refractivity (Wildman–Crippen MR) is 115 cm³/mol. The molecule has 1 aliphatic carbocycles. The van der Waals surface area contributed by atoms with Gasteiger partial charge in [0, 0.05) is 12.6 Å². The van der Waals surface area contributed by atoms with Gasteiger partial charge in [0.1, 0.15) is 18.3 Å². The third-order valence-electron chi connectivity index (χ3n) is 6.19. The van der Waals surface area contributed by atoms with Crippen molar-refractivity contribution < 1.29 is 14.3 Å². The molecule has 2 fully saturated rings. The summed E-state index contributed by atoms with van der Waals surface area (Å²) in [7, 11) is 0. The minimum Gasteiger partial charge on any atom is -0.494 e. The standard InChI is InChI=1S/C24H36N2O3/c1-3-5-16-25-22(27)18-26(20-10-8-7-9-11-20)24(28)23(25)19-12-14-21(15-13-19)29-17-6-4-2/h12-15,20,23H,3-11,16-18H2,1-2H3. The Kier molecular flexibility index (Phi) is 7.96. The van der Waals surface area contributed by atoms with E-state index in [2.05, 4.69) is 13.8 Å². The molecule has 0 bridgehead atoms. The van der Waals surface area contributed by atoms with Crippen LogP contribution < -0.4 is 4.74 Å². The van der Waals surface area contributed by atoms with Gasteiger partial charge in [-0.25, -0.2) is 0 Å².